The standard InChI is InChI=1S/C19H25N3O3/c1-5-25-16-8-6-7-14(11-16)13-21-19(20-2)22-15-9-10-17(23-3)18(12-15)24-4/h6-12H,5,13H2,1-4H3,(H2,20,21,22). The van der Waals surface area contributed by atoms with Crippen molar-refractivity contribution in [3.05, 3.63) is 48.0 Å². The van der Waals surface area contributed by atoms with Crippen molar-refractivity contribution >= 4 is 11.6 Å². The van der Waals surface area contributed by atoms with Gasteiger partial charge in [0, 0.05) is 25.3 Å². The van der Waals surface area contributed by atoms with E-state index in [1.807, 2.05) is 49.4 Å². The highest BCUT2D eigenvalue weighted by molar-refractivity contribution is 5.93. The van der Waals surface area contributed by atoms with Crippen LogP contribution in [0, 0.1) is 0 Å². The first-order valence-electron chi connectivity index (χ1n) is 8.11. The first-order chi connectivity index (χ1) is 12.2. The Labute approximate surface area is 148 Å². The molecule has 0 amide bonds. The van der Waals surface area contributed by atoms with Gasteiger partial charge in [0.2, 0.25) is 0 Å². The van der Waals surface area contributed by atoms with E-state index in [-0.39, 0.29) is 0 Å². The molecule has 0 spiro atoms. The SMILES string of the molecule is CCOc1cccc(CNC(=NC)Nc2ccc(OC)c(OC)c2)c1. The van der Waals surface area contributed by atoms with Gasteiger partial charge in [-0.05, 0) is 36.8 Å². The zero-order chi connectivity index (χ0) is 18.1. The zero-order valence-electron chi connectivity index (χ0n) is 15.1. The summed E-state index contributed by atoms with van der Waals surface area (Å²) in [7, 11) is 4.95. The van der Waals surface area contributed by atoms with Crippen molar-refractivity contribution in [1.29, 1.82) is 0 Å². The summed E-state index contributed by atoms with van der Waals surface area (Å²) in [6, 6.07) is 13.6. The Balaban J connectivity index is 2.00. The van der Waals surface area contributed by atoms with Crippen molar-refractivity contribution in [2.24, 2.45) is 4.99 Å². The summed E-state index contributed by atoms with van der Waals surface area (Å²) in [6.45, 7) is 3.26. The molecule has 0 saturated carbocycles. The molecule has 134 valence electrons. The highest BCUT2D eigenvalue weighted by atomic mass is 16.5. The normalized spacial score (nSPS) is 11.0. The molecule has 25 heavy (non-hydrogen) atoms. The Morgan fingerprint density at radius 2 is 1.84 bits per heavy atom. The van der Waals surface area contributed by atoms with Crippen molar-refractivity contribution < 1.29 is 14.2 Å². The predicted molar refractivity (Wildman–Crippen MR) is 101 cm³/mol. The van der Waals surface area contributed by atoms with Crippen LogP contribution in [0.4, 0.5) is 5.69 Å². The number of nitrogens with one attached hydrogen (secondary N) is 2. The minimum atomic E-state index is 0.633. The molecule has 0 atom stereocenters. The maximum atomic E-state index is 5.52. The Morgan fingerprint density at radius 1 is 1.04 bits per heavy atom. The molecule has 0 aromatic heterocycles. The van der Waals surface area contributed by atoms with Crippen LogP contribution < -0.4 is 24.8 Å². The fourth-order valence-corrected chi connectivity index (χ4v) is 2.33. The van der Waals surface area contributed by atoms with Crippen LogP contribution in [0.3, 0.4) is 0 Å². The van der Waals surface area contributed by atoms with E-state index in [1.54, 1.807) is 21.3 Å². The number of nitrogens with zero attached hydrogens (tertiary/aromatic N) is 1. The summed E-state index contributed by atoms with van der Waals surface area (Å²) >= 11 is 0. The summed E-state index contributed by atoms with van der Waals surface area (Å²) in [5.74, 6) is 2.87. The number of methoxy groups -OCH3 is 2. The Morgan fingerprint density at radius 3 is 2.52 bits per heavy atom. The molecule has 0 radical (unpaired) electrons. The second-order valence-corrected chi connectivity index (χ2v) is 5.20. The lowest BCUT2D eigenvalue weighted by Gasteiger charge is -2.14. The smallest absolute Gasteiger partial charge is 0.195 e. The molecule has 0 saturated heterocycles. The molecular formula is C19H25N3O3. The van der Waals surface area contributed by atoms with Gasteiger partial charge in [-0.15, -0.1) is 0 Å². The van der Waals surface area contributed by atoms with E-state index in [2.05, 4.69) is 15.6 Å². The number of benzene rings is 2. The monoisotopic (exact) mass is 343 g/mol. The van der Waals surface area contributed by atoms with Crippen LogP contribution >= 0.6 is 0 Å². The van der Waals surface area contributed by atoms with E-state index >= 15 is 0 Å². The molecule has 0 fully saturated rings. The minimum Gasteiger partial charge on any atom is -0.494 e. The first kappa shape index (κ1) is 18.4. The van der Waals surface area contributed by atoms with Crippen molar-refractivity contribution in [2.75, 3.05) is 33.2 Å². The molecule has 2 aromatic carbocycles. The number of hydrogen-bond acceptors (Lipinski definition) is 4. The van der Waals surface area contributed by atoms with Crippen LogP contribution in [-0.2, 0) is 6.54 Å². The van der Waals surface area contributed by atoms with Gasteiger partial charge in [0.1, 0.15) is 5.75 Å². The molecule has 0 aliphatic heterocycles. The molecule has 0 unspecified atom stereocenters. The van der Waals surface area contributed by atoms with Gasteiger partial charge in [0.15, 0.2) is 17.5 Å². The van der Waals surface area contributed by atoms with Crippen LogP contribution in [-0.4, -0.2) is 33.8 Å². The Bertz CT molecular complexity index is 717. The van der Waals surface area contributed by atoms with Crippen molar-refractivity contribution in [1.82, 2.24) is 5.32 Å². The number of anilines is 1. The summed E-state index contributed by atoms with van der Waals surface area (Å²) in [4.78, 5) is 4.25. The molecule has 0 bridgehead atoms. The van der Waals surface area contributed by atoms with E-state index in [1.165, 1.54) is 0 Å². The fraction of sp³-hybridized carbons (Fsp3) is 0.316. The maximum absolute atomic E-state index is 5.52. The van der Waals surface area contributed by atoms with Gasteiger partial charge in [-0.2, -0.15) is 0 Å². The average Bonchev–Trinajstić information content (AvgIpc) is 2.65. The Kier molecular flexibility index (Phi) is 6.95. The molecule has 0 aliphatic rings. The predicted octanol–water partition coefficient (Wildman–Crippen LogP) is 3.29. The van der Waals surface area contributed by atoms with Crippen LogP contribution in [0.1, 0.15) is 12.5 Å². The average molecular weight is 343 g/mol. The summed E-state index contributed by atoms with van der Waals surface area (Å²) in [5.41, 5.74) is 1.97. The largest absolute Gasteiger partial charge is 0.494 e. The third-order valence-corrected chi connectivity index (χ3v) is 3.54. The van der Waals surface area contributed by atoms with Crippen LogP contribution in [0.2, 0.25) is 0 Å². The minimum absolute atomic E-state index is 0.633. The number of rotatable bonds is 7. The fourth-order valence-electron chi connectivity index (χ4n) is 2.33. The topological polar surface area (TPSA) is 64.1 Å². The van der Waals surface area contributed by atoms with Gasteiger partial charge in [-0.25, -0.2) is 0 Å². The van der Waals surface area contributed by atoms with Gasteiger partial charge in [0.25, 0.3) is 0 Å². The van der Waals surface area contributed by atoms with Gasteiger partial charge >= 0.3 is 0 Å². The molecule has 2 N–H and O–H groups in total. The third kappa shape index (κ3) is 5.31. The van der Waals surface area contributed by atoms with Crippen LogP contribution in [0.15, 0.2) is 47.5 Å². The maximum Gasteiger partial charge on any atom is 0.195 e. The van der Waals surface area contributed by atoms with E-state index in [9.17, 15) is 0 Å². The molecule has 2 aromatic rings. The second kappa shape index (κ2) is 9.42. The van der Waals surface area contributed by atoms with Crippen molar-refractivity contribution in [3.63, 3.8) is 0 Å². The summed E-state index contributed by atoms with van der Waals surface area (Å²) in [5, 5.41) is 6.52. The molecule has 0 heterocycles. The molecular weight excluding hydrogens is 318 g/mol. The van der Waals surface area contributed by atoms with E-state index in [0.29, 0.717) is 30.6 Å². The van der Waals surface area contributed by atoms with Gasteiger partial charge in [-0.3, -0.25) is 4.99 Å². The Hall–Kier alpha value is -2.89. The lowest BCUT2D eigenvalue weighted by atomic mass is 10.2. The van der Waals surface area contributed by atoms with Crippen LogP contribution in [0.25, 0.3) is 0 Å². The van der Waals surface area contributed by atoms with Gasteiger partial charge in [0.05, 0.1) is 20.8 Å². The highest BCUT2D eigenvalue weighted by Crippen LogP contribution is 2.29. The summed E-state index contributed by atoms with van der Waals surface area (Å²) in [6.07, 6.45) is 0. The number of guanidine groups is 1. The van der Waals surface area contributed by atoms with E-state index in [4.69, 9.17) is 14.2 Å². The van der Waals surface area contributed by atoms with Crippen molar-refractivity contribution in [2.45, 2.75) is 13.5 Å². The lowest BCUT2D eigenvalue weighted by Crippen LogP contribution is -2.30. The second-order valence-electron chi connectivity index (χ2n) is 5.20. The van der Waals surface area contributed by atoms with Crippen molar-refractivity contribution in [3.8, 4) is 17.2 Å². The third-order valence-electron chi connectivity index (χ3n) is 3.54. The summed E-state index contributed by atoms with van der Waals surface area (Å²) < 4.78 is 16.1. The van der Waals surface area contributed by atoms with Crippen LogP contribution in [0.5, 0.6) is 17.2 Å². The lowest BCUT2D eigenvalue weighted by molar-refractivity contribution is 0.340. The number of hydrogen-bond donors (Lipinski definition) is 2. The molecule has 6 nitrogen and oxygen atoms in total. The van der Waals surface area contributed by atoms with E-state index < -0.39 is 0 Å². The zero-order valence-corrected chi connectivity index (χ0v) is 15.1. The molecule has 6 heteroatoms. The molecule has 0 aliphatic carbocycles. The molecule has 2 rings (SSSR count). The van der Waals surface area contributed by atoms with E-state index in [0.717, 1.165) is 17.0 Å². The first-order valence-corrected chi connectivity index (χ1v) is 8.11. The highest BCUT2D eigenvalue weighted by Gasteiger charge is 2.06. The number of ether oxygens (including phenoxy) is 3. The number of aliphatic imine (C=N–C) groups is 1. The quantitative estimate of drug-likeness (QED) is 0.597. The van der Waals surface area contributed by atoms with Gasteiger partial charge in [-0.1, -0.05) is 12.1 Å². The van der Waals surface area contributed by atoms with Gasteiger partial charge < -0.3 is 24.8 Å².